The summed E-state index contributed by atoms with van der Waals surface area (Å²) in [6, 6.07) is 1.96. The predicted octanol–water partition coefficient (Wildman–Crippen LogP) is 1.46. The van der Waals surface area contributed by atoms with Crippen LogP contribution < -0.4 is 5.73 Å². The fourth-order valence-electron chi connectivity index (χ4n) is 1.05. The first-order valence-electron chi connectivity index (χ1n) is 3.83. The summed E-state index contributed by atoms with van der Waals surface area (Å²) in [5.41, 5.74) is 4.62. The van der Waals surface area contributed by atoms with Crippen molar-refractivity contribution in [3.05, 3.63) is 27.8 Å². The van der Waals surface area contributed by atoms with E-state index in [0.29, 0.717) is 0 Å². The lowest BCUT2D eigenvalue weighted by atomic mass is 10.1. The van der Waals surface area contributed by atoms with E-state index in [-0.39, 0.29) is 22.3 Å². The number of halogens is 1. The van der Waals surface area contributed by atoms with E-state index in [1.165, 1.54) is 0 Å². The van der Waals surface area contributed by atoms with E-state index in [9.17, 15) is 20.0 Å². The number of anilines is 1. The van der Waals surface area contributed by atoms with Crippen molar-refractivity contribution in [3.8, 4) is 5.75 Å². The van der Waals surface area contributed by atoms with Crippen LogP contribution in [0.25, 0.3) is 0 Å². The van der Waals surface area contributed by atoms with E-state index < -0.39 is 16.4 Å². The standard InChI is InChI=1S/C8H7BrN2O4/c9-3-8(13)4-1-6(11(14)15)5(10)2-7(4)12/h1-2,12H,3,10H2. The van der Waals surface area contributed by atoms with E-state index in [1.54, 1.807) is 0 Å². The molecular formula is C8H7BrN2O4. The molecule has 0 amide bonds. The smallest absolute Gasteiger partial charge is 0.293 e. The number of nitro benzene ring substituents is 1. The minimum absolute atomic E-state index is 0.0262. The van der Waals surface area contributed by atoms with E-state index >= 15 is 0 Å². The molecule has 7 heteroatoms. The Labute approximate surface area is 93.0 Å². The molecule has 0 aliphatic carbocycles. The Hall–Kier alpha value is -1.63. The Kier molecular flexibility index (Phi) is 3.25. The van der Waals surface area contributed by atoms with Gasteiger partial charge in [0.1, 0.15) is 11.4 Å². The Balaban J connectivity index is 3.36. The number of nitro groups is 1. The first-order chi connectivity index (χ1) is 6.97. The monoisotopic (exact) mass is 274 g/mol. The van der Waals surface area contributed by atoms with Crippen LogP contribution in [0.4, 0.5) is 11.4 Å². The summed E-state index contributed by atoms with van der Waals surface area (Å²) in [7, 11) is 0. The van der Waals surface area contributed by atoms with Crippen LogP contribution in [0.3, 0.4) is 0 Å². The van der Waals surface area contributed by atoms with Crippen LogP contribution >= 0.6 is 15.9 Å². The van der Waals surface area contributed by atoms with Crippen molar-refractivity contribution in [2.24, 2.45) is 0 Å². The molecule has 0 atom stereocenters. The SMILES string of the molecule is Nc1cc(O)c(C(=O)CBr)cc1[N+](=O)[O-]. The molecule has 1 rings (SSSR count). The molecule has 0 aliphatic heterocycles. The molecule has 80 valence electrons. The van der Waals surface area contributed by atoms with E-state index in [1.807, 2.05) is 0 Å². The summed E-state index contributed by atoms with van der Waals surface area (Å²) in [4.78, 5) is 21.1. The Morgan fingerprint density at radius 2 is 2.20 bits per heavy atom. The summed E-state index contributed by atoms with van der Waals surface area (Å²) in [6.07, 6.45) is 0. The highest BCUT2D eigenvalue weighted by molar-refractivity contribution is 9.09. The van der Waals surface area contributed by atoms with Crippen LogP contribution in [0.15, 0.2) is 12.1 Å². The van der Waals surface area contributed by atoms with Gasteiger partial charge in [0.2, 0.25) is 0 Å². The predicted molar refractivity (Wildman–Crippen MR) is 57.3 cm³/mol. The van der Waals surface area contributed by atoms with Crippen molar-refractivity contribution in [2.75, 3.05) is 11.1 Å². The number of aromatic hydroxyl groups is 1. The molecule has 0 bridgehead atoms. The summed E-state index contributed by atoms with van der Waals surface area (Å²) < 4.78 is 0. The highest BCUT2D eigenvalue weighted by Crippen LogP contribution is 2.30. The zero-order valence-electron chi connectivity index (χ0n) is 7.44. The second-order valence-corrected chi connectivity index (χ2v) is 3.30. The van der Waals surface area contributed by atoms with Crippen LogP contribution in [-0.2, 0) is 0 Å². The lowest BCUT2D eigenvalue weighted by Gasteiger charge is -2.03. The van der Waals surface area contributed by atoms with Crippen LogP contribution in [-0.4, -0.2) is 21.1 Å². The fraction of sp³-hybridized carbons (Fsp3) is 0.125. The molecule has 0 fully saturated rings. The van der Waals surface area contributed by atoms with Crippen LogP contribution in [0, 0.1) is 10.1 Å². The molecule has 0 saturated carbocycles. The van der Waals surface area contributed by atoms with E-state index in [0.717, 1.165) is 12.1 Å². The van der Waals surface area contributed by atoms with Gasteiger partial charge in [0.05, 0.1) is 15.8 Å². The number of alkyl halides is 1. The normalized spacial score (nSPS) is 9.93. The second-order valence-electron chi connectivity index (χ2n) is 2.74. The fourth-order valence-corrected chi connectivity index (χ4v) is 1.35. The second kappa shape index (κ2) is 4.26. The maximum Gasteiger partial charge on any atom is 0.293 e. The minimum atomic E-state index is -0.709. The maximum atomic E-state index is 11.3. The maximum absolute atomic E-state index is 11.3. The number of Topliss-reactive ketones (excluding diaryl/α,β-unsaturated/α-hetero) is 1. The molecule has 0 radical (unpaired) electrons. The van der Waals surface area contributed by atoms with Gasteiger partial charge in [0.25, 0.3) is 5.69 Å². The number of phenols is 1. The number of carbonyl (C=O) groups excluding carboxylic acids is 1. The Bertz CT molecular complexity index is 433. The third kappa shape index (κ3) is 2.24. The summed E-state index contributed by atoms with van der Waals surface area (Å²) in [5, 5.41) is 19.8. The van der Waals surface area contributed by atoms with Crippen molar-refractivity contribution in [3.63, 3.8) is 0 Å². The summed E-state index contributed by atoms with van der Waals surface area (Å²) >= 11 is 2.90. The number of carbonyl (C=O) groups is 1. The lowest BCUT2D eigenvalue weighted by Crippen LogP contribution is -2.03. The van der Waals surface area contributed by atoms with Crippen LogP contribution in [0.1, 0.15) is 10.4 Å². The molecule has 6 nitrogen and oxygen atoms in total. The zero-order chi connectivity index (χ0) is 11.6. The van der Waals surface area contributed by atoms with Gasteiger partial charge in [-0.25, -0.2) is 0 Å². The number of hydrogen-bond acceptors (Lipinski definition) is 5. The van der Waals surface area contributed by atoms with Gasteiger partial charge in [-0.3, -0.25) is 14.9 Å². The molecule has 1 aromatic carbocycles. The number of nitrogen functional groups attached to an aromatic ring is 1. The average molecular weight is 275 g/mol. The summed E-state index contributed by atoms with van der Waals surface area (Å²) in [5.74, 6) is -0.807. The van der Waals surface area contributed by atoms with E-state index in [4.69, 9.17) is 5.73 Å². The van der Waals surface area contributed by atoms with Gasteiger partial charge < -0.3 is 10.8 Å². The molecule has 0 aliphatic rings. The number of hydrogen-bond donors (Lipinski definition) is 2. The van der Waals surface area contributed by atoms with Crippen LogP contribution in [0.2, 0.25) is 0 Å². The van der Waals surface area contributed by atoms with E-state index in [2.05, 4.69) is 15.9 Å². The molecular weight excluding hydrogens is 268 g/mol. The lowest BCUT2D eigenvalue weighted by molar-refractivity contribution is -0.383. The average Bonchev–Trinajstić information content (AvgIpc) is 2.16. The number of nitrogens with zero attached hydrogens (tertiary/aromatic N) is 1. The van der Waals surface area contributed by atoms with Crippen molar-refractivity contribution >= 4 is 33.1 Å². The molecule has 0 spiro atoms. The van der Waals surface area contributed by atoms with Crippen LogP contribution in [0.5, 0.6) is 5.75 Å². The molecule has 0 aromatic heterocycles. The molecule has 0 heterocycles. The topological polar surface area (TPSA) is 106 Å². The highest BCUT2D eigenvalue weighted by atomic mass is 79.9. The van der Waals surface area contributed by atoms with Gasteiger partial charge in [-0.15, -0.1) is 0 Å². The largest absolute Gasteiger partial charge is 0.507 e. The van der Waals surface area contributed by atoms with Gasteiger partial charge in [0.15, 0.2) is 5.78 Å². The third-order valence-electron chi connectivity index (χ3n) is 1.76. The molecule has 15 heavy (non-hydrogen) atoms. The van der Waals surface area contributed by atoms with Gasteiger partial charge in [-0.2, -0.15) is 0 Å². The first kappa shape index (κ1) is 11.4. The molecule has 1 aromatic rings. The van der Waals surface area contributed by atoms with Gasteiger partial charge in [-0.05, 0) is 0 Å². The number of phenolic OH excluding ortho intramolecular Hbond substituents is 1. The van der Waals surface area contributed by atoms with Gasteiger partial charge in [-0.1, -0.05) is 15.9 Å². The zero-order valence-corrected chi connectivity index (χ0v) is 9.02. The van der Waals surface area contributed by atoms with Gasteiger partial charge >= 0.3 is 0 Å². The highest BCUT2D eigenvalue weighted by Gasteiger charge is 2.19. The number of rotatable bonds is 3. The van der Waals surface area contributed by atoms with Crippen molar-refractivity contribution in [2.45, 2.75) is 0 Å². The first-order valence-corrected chi connectivity index (χ1v) is 4.95. The van der Waals surface area contributed by atoms with Gasteiger partial charge in [0, 0.05) is 12.1 Å². The summed E-state index contributed by atoms with van der Waals surface area (Å²) in [6.45, 7) is 0. The molecule has 0 unspecified atom stereocenters. The number of benzene rings is 1. The number of ketones is 1. The molecule has 0 saturated heterocycles. The van der Waals surface area contributed by atoms with Crippen molar-refractivity contribution < 1.29 is 14.8 Å². The third-order valence-corrected chi connectivity index (χ3v) is 2.27. The van der Waals surface area contributed by atoms with Crippen molar-refractivity contribution in [1.82, 2.24) is 0 Å². The van der Waals surface area contributed by atoms with Crippen molar-refractivity contribution in [1.29, 1.82) is 0 Å². The Morgan fingerprint density at radius 3 is 2.67 bits per heavy atom. The quantitative estimate of drug-likeness (QED) is 0.285. The minimum Gasteiger partial charge on any atom is -0.507 e. The number of nitrogens with two attached hydrogens (primary N) is 1. The molecule has 3 N–H and O–H groups in total. The Morgan fingerprint density at radius 1 is 1.60 bits per heavy atom.